The van der Waals surface area contributed by atoms with Crippen LogP contribution in [-0.4, -0.2) is 27.6 Å². The van der Waals surface area contributed by atoms with Crippen molar-refractivity contribution in [1.29, 1.82) is 0 Å². The summed E-state index contributed by atoms with van der Waals surface area (Å²) >= 11 is 2.81. The molecule has 1 atom stereocenters. The molecule has 5 rings (SSSR count). The molecular formula is C21H16N6OS2. The number of aromatic nitrogens is 2. The maximum Gasteiger partial charge on any atom is 0.282 e. The number of azo groups is 1. The molecule has 30 heavy (non-hydrogen) atoms. The number of nitrogens with zero attached hydrogens (tertiary/aromatic N) is 6. The van der Waals surface area contributed by atoms with Gasteiger partial charge in [0.25, 0.3) is 5.91 Å². The predicted octanol–water partition coefficient (Wildman–Crippen LogP) is 5.60. The van der Waals surface area contributed by atoms with Crippen molar-refractivity contribution in [3.63, 3.8) is 0 Å². The van der Waals surface area contributed by atoms with Crippen LogP contribution in [0.25, 0.3) is 21.5 Å². The Morgan fingerprint density at radius 1 is 1.03 bits per heavy atom. The normalized spacial score (nSPS) is 16.7. The van der Waals surface area contributed by atoms with Crippen molar-refractivity contribution in [2.45, 2.75) is 19.9 Å². The number of aryl methyl sites for hydroxylation is 1. The molecule has 2 aromatic heterocycles. The summed E-state index contributed by atoms with van der Waals surface area (Å²) < 4.78 is 1.03. The fourth-order valence-electron chi connectivity index (χ4n) is 3.05. The van der Waals surface area contributed by atoms with Gasteiger partial charge in [-0.15, -0.1) is 16.5 Å². The Kier molecular flexibility index (Phi) is 4.68. The number of benzene rings is 2. The second-order valence-corrected chi connectivity index (χ2v) is 8.70. The largest absolute Gasteiger partial charge is 0.282 e. The Labute approximate surface area is 180 Å². The van der Waals surface area contributed by atoms with Gasteiger partial charge in [0.15, 0.2) is 6.04 Å². The molecule has 9 heteroatoms. The maximum atomic E-state index is 12.9. The zero-order valence-electron chi connectivity index (χ0n) is 16.2. The zero-order chi connectivity index (χ0) is 20.7. The van der Waals surface area contributed by atoms with E-state index in [0.29, 0.717) is 16.0 Å². The average molecular weight is 433 g/mol. The highest BCUT2D eigenvalue weighted by Gasteiger charge is 2.36. The summed E-state index contributed by atoms with van der Waals surface area (Å²) in [7, 11) is 0. The van der Waals surface area contributed by atoms with Crippen LogP contribution in [0.4, 0.5) is 10.3 Å². The highest BCUT2D eigenvalue weighted by Crippen LogP contribution is 2.32. The molecule has 0 saturated carbocycles. The van der Waals surface area contributed by atoms with E-state index in [9.17, 15) is 4.79 Å². The minimum Gasteiger partial charge on any atom is -0.269 e. The van der Waals surface area contributed by atoms with Gasteiger partial charge in [-0.05, 0) is 26.0 Å². The van der Waals surface area contributed by atoms with Crippen molar-refractivity contribution in [3.8, 4) is 11.3 Å². The molecule has 2 aromatic carbocycles. The van der Waals surface area contributed by atoms with Crippen molar-refractivity contribution < 1.29 is 4.79 Å². The first-order chi connectivity index (χ1) is 14.6. The fraction of sp³-hybridized carbons (Fsp3) is 0.143. The van der Waals surface area contributed by atoms with Crippen LogP contribution in [0.5, 0.6) is 0 Å². The van der Waals surface area contributed by atoms with E-state index in [4.69, 9.17) is 0 Å². The first-order valence-electron chi connectivity index (χ1n) is 9.26. The van der Waals surface area contributed by atoms with E-state index in [2.05, 4.69) is 25.3 Å². The molecule has 4 aromatic rings. The van der Waals surface area contributed by atoms with Crippen molar-refractivity contribution in [2.75, 3.05) is 5.01 Å². The lowest BCUT2D eigenvalue weighted by atomic mass is 10.1. The molecule has 0 saturated heterocycles. The van der Waals surface area contributed by atoms with Crippen LogP contribution in [-0.2, 0) is 4.79 Å². The van der Waals surface area contributed by atoms with Crippen LogP contribution in [0.2, 0.25) is 0 Å². The molecule has 1 aliphatic heterocycles. The van der Waals surface area contributed by atoms with Crippen LogP contribution in [0, 0.1) is 6.92 Å². The van der Waals surface area contributed by atoms with E-state index in [-0.39, 0.29) is 5.91 Å². The number of anilines is 1. The third-order valence-electron chi connectivity index (χ3n) is 4.66. The Hall–Kier alpha value is -3.30. The summed E-state index contributed by atoms with van der Waals surface area (Å²) in [6.07, 6.45) is 0. The molecule has 1 aliphatic rings. The van der Waals surface area contributed by atoms with Gasteiger partial charge in [-0.3, -0.25) is 4.79 Å². The summed E-state index contributed by atoms with van der Waals surface area (Å²) in [5.74, 6) is -0.262. The molecule has 7 nitrogen and oxygen atoms in total. The monoisotopic (exact) mass is 432 g/mol. The third kappa shape index (κ3) is 3.42. The third-order valence-corrected chi connectivity index (χ3v) is 6.39. The number of carbonyl (C=O) groups excluding carboxylic acids is 1. The van der Waals surface area contributed by atoms with Crippen LogP contribution in [0.15, 0.2) is 69.2 Å². The van der Waals surface area contributed by atoms with Crippen LogP contribution >= 0.6 is 22.7 Å². The Morgan fingerprint density at radius 3 is 2.63 bits per heavy atom. The molecule has 0 bridgehead atoms. The van der Waals surface area contributed by atoms with Gasteiger partial charge in [0.05, 0.1) is 21.6 Å². The highest BCUT2D eigenvalue weighted by molar-refractivity contribution is 7.21. The molecule has 0 radical (unpaired) electrons. The van der Waals surface area contributed by atoms with Crippen LogP contribution in [0.3, 0.4) is 0 Å². The maximum absolute atomic E-state index is 12.9. The van der Waals surface area contributed by atoms with E-state index in [1.807, 2.05) is 60.8 Å². The number of para-hydroxylation sites is 1. The molecule has 3 heterocycles. The predicted molar refractivity (Wildman–Crippen MR) is 121 cm³/mol. The number of hydrazone groups is 1. The first-order valence-corrected chi connectivity index (χ1v) is 11.0. The lowest BCUT2D eigenvalue weighted by Crippen LogP contribution is -2.29. The zero-order valence-corrected chi connectivity index (χ0v) is 17.8. The molecule has 148 valence electrons. The number of fused-ring (bicyclic) bond motifs is 1. The summed E-state index contributed by atoms with van der Waals surface area (Å²) in [6, 6.07) is 15.1. The van der Waals surface area contributed by atoms with E-state index in [1.54, 1.807) is 6.92 Å². The van der Waals surface area contributed by atoms with Crippen LogP contribution < -0.4 is 5.01 Å². The van der Waals surface area contributed by atoms with E-state index in [0.717, 1.165) is 21.5 Å². The summed E-state index contributed by atoms with van der Waals surface area (Å²) in [5.41, 5.74) is 4.45. The molecule has 1 amide bonds. The van der Waals surface area contributed by atoms with Crippen molar-refractivity contribution >= 4 is 54.8 Å². The molecular weight excluding hydrogens is 416 g/mol. The molecule has 0 unspecified atom stereocenters. The number of carbonyl (C=O) groups is 1. The number of thiazole rings is 2. The van der Waals surface area contributed by atoms with Gasteiger partial charge < -0.3 is 0 Å². The second-order valence-electron chi connectivity index (χ2n) is 6.85. The van der Waals surface area contributed by atoms with Gasteiger partial charge in [0, 0.05) is 10.9 Å². The van der Waals surface area contributed by atoms with Crippen LogP contribution in [0.1, 0.15) is 12.5 Å². The van der Waals surface area contributed by atoms with Gasteiger partial charge in [-0.25, -0.2) is 9.97 Å². The van der Waals surface area contributed by atoms with Crippen molar-refractivity contribution in [3.05, 3.63) is 59.5 Å². The standard InChI is InChI=1S/C21H16N6OS2/c1-12-7-9-14(10-8-12)16-11-29-21(23-16)27-19(28)18(13(2)26-27)24-25-20-22-15-5-3-4-6-17(15)30-20/h3-11,18H,1-2H3/t18-/m1/s1. The quantitative estimate of drug-likeness (QED) is 0.393. The van der Waals surface area contributed by atoms with E-state index < -0.39 is 6.04 Å². The molecule has 0 fully saturated rings. The molecule has 0 N–H and O–H groups in total. The minimum absolute atomic E-state index is 0.262. The lowest BCUT2D eigenvalue weighted by molar-refractivity contribution is -0.117. The first kappa shape index (κ1) is 18.7. The highest BCUT2D eigenvalue weighted by atomic mass is 32.1. The summed E-state index contributed by atoms with van der Waals surface area (Å²) in [4.78, 5) is 21.9. The van der Waals surface area contributed by atoms with Gasteiger partial charge in [0.1, 0.15) is 0 Å². The fourth-order valence-corrected chi connectivity index (χ4v) is 4.64. The Balaban J connectivity index is 1.36. The smallest absolute Gasteiger partial charge is 0.269 e. The summed E-state index contributed by atoms with van der Waals surface area (Å²) in [6.45, 7) is 3.81. The van der Waals surface area contributed by atoms with Gasteiger partial charge in [0.2, 0.25) is 10.3 Å². The SMILES string of the molecule is CC1=NN(c2nc(-c3ccc(C)cc3)cs2)C(=O)[C@@H]1N=Nc1nc2ccccc2s1. The van der Waals surface area contributed by atoms with Gasteiger partial charge >= 0.3 is 0 Å². The molecule has 0 spiro atoms. The Bertz CT molecular complexity index is 1270. The number of amides is 1. The van der Waals surface area contributed by atoms with Crippen molar-refractivity contribution in [2.24, 2.45) is 15.3 Å². The lowest BCUT2D eigenvalue weighted by Gasteiger charge is -2.07. The summed E-state index contributed by atoms with van der Waals surface area (Å²) in [5, 5.41) is 17.1. The van der Waals surface area contributed by atoms with Gasteiger partial charge in [-0.1, -0.05) is 53.3 Å². The second kappa shape index (κ2) is 7.51. The Morgan fingerprint density at radius 2 is 1.83 bits per heavy atom. The van der Waals surface area contributed by atoms with Gasteiger partial charge in [-0.2, -0.15) is 15.2 Å². The minimum atomic E-state index is -0.760. The number of hydrogen-bond donors (Lipinski definition) is 0. The molecule has 0 aliphatic carbocycles. The van der Waals surface area contributed by atoms with E-state index in [1.165, 1.54) is 33.2 Å². The topological polar surface area (TPSA) is 83.2 Å². The van der Waals surface area contributed by atoms with E-state index >= 15 is 0 Å². The van der Waals surface area contributed by atoms with Crippen molar-refractivity contribution in [1.82, 2.24) is 9.97 Å². The number of rotatable bonds is 4. The number of hydrogen-bond acceptors (Lipinski definition) is 8. The average Bonchev–Trinajstić information content (AvgIpc) is 3.45.